The van der Waals surface area contributed by atoms with E-state index in [4.69, 9.17) is 14.2 Å². The van der Waals surface area contributed by atoms with Crippen LogP contribution < -0.4 is 0 Å². The summed E-state index contributed by atoms with van der Waals surface area (Å²) < 4.78 is 17.1. The Kier molecular flexibility index (Phi) is 3.86. The number of carbonyl (C=O) groups excluding carboxylic acids is 1. The standard InChI is InChI=1S/C21H28O7/c1-19-8-16(23)15(22)7-11(19)3-5-13-14(19)6-4-12-9-26-20(2)21(12,25)17(10-27-20)28-18(13)24/h3,9,13-17,22-23,25H,4-8,10H2,1-2H3. The van der Waals surface area contributed by atoms with E-state index in [1.54, 1.807) is 13.2 Å². The predicted octanol–water partition coefficient (Wildman–Crippen LogP) is 1.17. The van der Waals surface area contributed by atoms with Crippen LogP contribution in [-0.2, 0) is 19.0 Å². The van der Waals surface area contributed by atoms with Crippen LogP contribution in [0, 0.1) is 17.3 Å². The van der Waals surface area contributed by atoms with E-state index in [0.717, 1.165) is 5.57 Å². The van der Waals surface area contributed by atoms with E-state index in [-0.39, 0.29) is 29.8 Å². The molecule has 7 heteroatoms. The van der Waals surface area contributed by atoms with Crippen LogP contribution in [0.5, 0.6) is 0 Å². The van der Waals surface area contributed by atoms with E-state index in [0.29, 0.717) is 37.7 Å². The van der Waals surface area contributed by atoms with Gasteiger partial charge >= 0.3 is 5.97 Å². The number of allylic oxidation sites excluding steroid dienone is 1. The zero-order chi connectivity index (χ0) is 19.9. The summed E-state index contributed by atoms with van der Waals surface area (Å²) in [6, 6.07) is 0. The Morgan fingerprint density at radius 3 is 2.75 bits per heavy atom. The number of fused-ring (bicyclic) bond motifs is 3. The smallest absolute Gasteiger partial charge is 0.310 e. The molecule has 154 valence electrons. The molecule has 0 aromatic heterocycles. The van der Waals surface area contributed by atoms with Gasteiger partial charge in [-0.2, -0.15) is 0 Å². The van der Waals surface area contributed by atoms with Gasteiger partial charge in [0, 0.05) is 12.5 Å². The van der Waals surface area contributed by atoms with Crippen LogP contribution >= 0.6 is 0 Å². The van der Waals surface area contributed by atoms with E-state index in [1.807, 2.05) is 6.08 Å². The van der Waals surface area contributed by atoms with Gasteiger partial charge in [0.15, 0.2) is 11.7 Å². The molecule has 7 nitrogen and oxygen atoms in total. The number of esters is 1. The number of rotatable bonds is 0. The second-order valence-electron chi connectivity index (χ2n) is 9.39. The highest BCUT2D eigenvalue weighted by molar-refractivity contribution is 5.74. The van der Waals surface area contributed by atoms with Gasteiger partial charge in [0.25, 0.3) is 0 Å². The number of ether oxygens (including phenoxy) is 3. The highest BCUT2D eigenvalue weighted by Crippen LogP contribution is 2.57. The monoisotopic (exact) mass is 392 g/mol. The molecule has 0 bridgehead atoms. The number of hydrogen-bond acceptors (Lipinski definition) is 7. The second kappa shape index (κ2) is 5.81. The van der Waals surface area contributed by atoms with Crippen molar-refractivity contribution in [3.05, 3.63) is 23.5 Å². The lowest BCUT2D eigenvalue weighted by Crippen LogP contribution is -2.54. The van der Waals surface area contributed by atoms with E-state index in [1.165, 1.54) is 0 Å². The molecule has 5 aliphatic rings. The highest BCUT2D eigenvalue weighted by Gasteiger charge is 2.68. The van der Waals surface area contributed by atoms with Gasteiger partial charge in [-0.05, 0) is 43.4 Å². The summed E-state index contributed by atoms with van der Waals surface area (Å²) in [6.45, 7) is 3.85. The summed E-state index contributed by atoms with van der Waals surface area (Å²) in [4.78, 5) is 13.1. The third-order valence-electron chi connectivity index (χ3n) is 8.03. The Labute approximate surface area is 164 Å². The Morgan fingerprint density at radius 1 is 1.18 bits per heavy atom. The zero-order valence-electron chi connectivity index (χ0n) is 16.3. The van der Waals surface area contributed by atoms with E-state index >= 15 is 0 Å². The molecular weight excluding hydrogens is 364 g/mol. The van der Waals surface area contributed by atoms with Crippen molar-refractivity contribution in [1.29, 1.82) is 0 Å². The number of aliphatic hydroxyl groups excluding tert-OH is 2. The molecule has 2 saturated heterocycles. The first kappa shape index (κ1) is 18.6. The minimum Gasteiger partial charge on any atom is -0.466 e. The lowest BCUT2D eigenvalue weighted by atomic mass is 9.55. The van der Waals surface area contributed by atoms with Crippen LogP contribution in [0.1, 0.15) is 46.0 Å². The molecule has 8 atom stereocenters. The topological polar surface area (TPSA) is 105 Å². The second-order valence-corrected chi connectivity index (χ2v) is 9.39. The molecule has 0 aromatic carbocycles. The average molecular weight is 392 g/mol. The van der Waals surface area contributed by atoms with Crippen molar-refractivity contribution in [2.24, 2.45) is 17.3 Å². The summed E-state index contributed by atoms with van der Waals surface area (Å²) >= 11 is 0. The van der Waals surface area contributed by atoms with Crippen LogP contribution in [-0.4, -0.2) is 57.6 Å². The van der Waals surface area contributed by atoms with Crippen LogP contribution in [0.2, 0.25) is 0 Å². The number of aliphatic hydroxyl groups is 3. The van der Waals surface area contributed by atoms with Crippen LogP contribution in [0.15, 0.2) is 23.5 Å². The molecule has 0 amide bonds. The number of hydrogen-bond donors (Lipinski definition) is 3. The molecule has 2 aliphatic carbocycles. The van der Waals surface area contributed by atoms with Gasteiger partial charge in [-0.15, -0.1) is 0 Å². The Hall–Kier alpha value is -1.41. The van der Waals surface area contributed by atoms with Crippen molar-refractivity contribution in [2.75, 3.05) is 6.61 Å². The van der Waals surface area contributed by atoms with Crippen molar-refractivity contribution in [3.8, 4) is 0 Å². The van der Waals surface area contributed by atoms with Gasteiger partial charge in [0.2, 0.25) is 5.79 Å². The quantitative estimate of drug-likeness (QED) is 0.420. The molecule has 3 N–H and O–H groups in total. The van der Waals surface area contributed by atoms with Gasteiger partial charge in [-0.3, -0.25) is 4.79 Å². The van der Waals surface area contributed by atoms with Crippen molar-refractivity contribution < 1.29 is 34.3 Å². The predicted molar refractivity (Wildman–Crippen MR) is 96.6 cm³/mol. The van der Waals surface area contributed by atoms with Gasteiger partial charge in [-0.1, -0.05) is 18.6 Å². The third-order valence-corrected chi connectivity index (χ3v) is 8.03. The van der Waals surface area contributed by atoms with Crippen molar-refractivity contribution in [1.82, 2.24) is 0 Å². The van der Waals surface area contributed by atoms with Gasteiger partial charge in [-0.25, -0.2) is 0 Å². The molecule has 3 aliphatic heterocycles. The number of carbonyl (C=O) groups is 1. The summed E-state index contributed by atoms with van der Waals surface area (Å²) in [5, 5.41) is 31.9. The summed E-state index contributed by atoms with van der Waals surface area (Å²) in [5.74, 6) is -1.95. The normalized spacial score (nSPS) is 52.6. The lowest BCUT2D eigenvalue weighted by molar-refractivity contribution is -0.222. The summed E-state index contributed by atoms with van der Waals surface area (Å²) in [5.41, 5.74) is -0.0534. The van der Waals surface area contributed by atoms with Gasteiger partial charge in [0.05, 0.1) is 31.0 Å². The fraction of sp³-hybridized carbons (Fsp3) is 0.762. The molecule has 28 heavy (non-hydrogen) atoms. The fourth-order valence-electron chi connectivity index (χ4n) is 6.22. The Morgan fingerprint density at radius 2 is 1.96 bits per heavy atom. The molecule has 0 spiro atoms. The SMILES string of the molecule is CC12CC(O)C(O)CC1=CCC1C(=O)OC3COC4(C)OC=C(CCC12)C34O. The average Bonchev–Trinajstić information content (AvgIpc) is 3.04. The van der Waals surface area contributed by atoms with Gasteiger partial charge in [0.1, 0.15) is 0 Å². The maximum atomic E-state index is 13.1. The van der Waals surface area contributed by atoms with Crippen molar-refractivity contribution >= 4 is 5.97 Å². The van der Waals surface area contributed by atoms with Crippen LogP contribution in [0.25, 0.3) is 0 Å². The third kappa shape index (κ3) is 2.22. The zero-order valence-corrected chi connectivity index (χ0v) is 16.3. The van der Waals surface area contributed by atoms with E-state index < -0.39 is 29.7 Å². The fourth-order valence-corrected chi connectivity index (χ4v) is 6.22. The maximum Gasteiger partial charge on any atom is 0.310 e. The molecule has 0 radical (unpaired) electrons. The van der Waals surface area contributed by atoms with E-state index in [2.05, 4.69) is 6.92 Å². The maximum absolute atomic E-state index is 13.1. The first-order valence-corrected chi connectivity index (χ1v) is 10.2. The molecular formula is C21H28O7. The summed E-state index contributed by atoms with van der Waals surface area (Å²) in [7, 11) is 0. The molecule has 5 rings (SSSR count). The minimum atomic E-state index is -1.48. The molecule has 3 heterocycles. The summed E-state index contributed by atoms with van der Waals surface area (Å²) in [6.07, 6.45) is 3.86. The Bertz CT molecular complexity index is 775. The molecule has 3 fully saturated rings. The Balaban J connectivity index is 1.53. The first-order valence-electron chi connectivity index (χ1n) is 10.2. The highest BCUT2D eigenvalue weighted by atomic mass is 16.7. The first-order chi connectivity index (χ1) is 13.2. The van der Waals surface area contributed by atoms with Gasteiger partial charge < -0.3 is 29.5 Å². The molecule has 1 saturated carbocycles. The van der Waals surface area contributed by atoms with Crippen molar-refractivity contribution in [3.63, 3.8) is 0 Å². The molecule has 0 aromatic rings. The van der Waals surface area contributed by atoms with Crippen molar-refractivity contribution in [2.45, 2.75) is 75.7 Å². The van der Waals surface area contributed by atoms with Crippen LogP contribution in [0.3, 0.4) is 0 Å². The van der Waals surface area contributed by atoms with Crippen LogP contribution in [0.4, 0.5) is 0 Å². The lowest BCUT2D eigenvalue weighted by Gasteiger charge is -2.50. The van der Waals surface area contributed by atoms with E-state index in [9.17, 15) is 20.1 Å². The largest absolute Gasteiger partial charge is 0.466 e. The molecule has 8 unspecified atom stereocenters. The minimum absolute atomic E-state index is 0.0433.